The summed E-state index contributed by atoms with van der Waals surface area (Å²) in [7, 11) is 0. The summed E-state index contributed by atoms with van der Waals surface area (Å²) in [4.78, 5) is 24.3. The summed E-state index contributed by atoms with van der Waals surface area (Å²) in [6.45, 7) is 13.2. The summed E-state index contributed by atoms with van der Waals surface area (Å²) in [5.74, 6) is 0.595. The Morgan fingerprint density at radius 3 is 2.66 bits per heavy atom. The summed E-state index contributed by atoms with van der Waals surface area (Å²) >= 11 is 1.64. The summed E-state index contributed by atoms with van der Waals surface area (Å²) in [6.07, 6.45) is 5.46. The van der Waals surface area contributed by atoms with Crippen molar-refractivity contribution in [1.82, 2.24) is 14.4 Å². The van der Waals surface area contributed by atoms with Gasteiger partial charge in [0, 0.05) is 16.6 Å². The molecule has 0 bridgehead atoms. The number of hydrogen-bond acceptors (Lipinski definition) is 4. The van der Waals surface area contributed by atoms with Crippen molar-refractivity contribution < 1.29 is 4.79 Å². The fraction of sp³-hybridized carbons (Fsp3) is 0.414. The summed E-state index contributed by atoms with van der Waals surface area (Å²) < 4.78 is 2.04. The maximum Gasteiger partial charge on any atom is 0.232 e. The molecule has 1 N–H and O–H groups in total. The highest BCUT2D eigenvalue weighted by molar-refractivity contribution is 7.15. The molecule has 3 aromatic heterocycles. The second-order valence-electron chi connectivity index (χ2n) is 11.1. The highest BCUT2D eigenvalue weighted by atomic mass is 32.1. The molecule has 0 spiro atoms. The van der Waals surface area contributed by atoms with Crippen LogP contribution in [-0.2, 0) is 24.1 Å². The highest BCUT2D eigenvalue weighted by Crippen LogP contribution is 2.40. The van der Waals surface area contributed by atoms with Crippen LogP contribution in [0.25, 0.3) is 16.9 Å². The van der Waals surface area contributed by atoms with Gasteiger partial charge in [0.15, 0.2) is 5.13 Å². The molecule has 5 rings (SSSR count). The normalized spacial score (nSPS) is 15.9. The quantitative estimate of drug-likeness (QED) is 0.348. The fourth-order valence-corrected chi connectivity index (χ4v) is 6.07. The molecule has 3 heterocycles. The van der Waals surface area contributed by atoms with Gasteiger partial charge < -0.3 is 9.72 Å². The van der Waals surface area contributed by atoms with E-state index in [-0.39, 0.29) is 17.7 Å². The Labute approximate surface area is 211 Å². The number of fused-ring (bicyclic) bond motifs is 2. The van der Waals surface area contributed by atoms with Gasteiger partial charge in [-0.1, -0.05) is 32.9 Å². The number of imidazole rings is 1. The van der Waals surface area contributed by atoms with Crippen LogP contribution < -0.4 is 5.32 Å². The number of rotatable bonds is 4. The zero-order valence-corrected chi connectivity index (χ0v) is 22.3. The molecule has 0 fully saturated rings. The predicted octanol–water partition coefficient (Wildman–Crippen LogP) is 6.72. The van der Waals surface area contributed by atoms with Crippen LogP contribution in [0.4, 0.5) is 5.13 Å². The van der Waals surface area contributed by atoms with E-state index < -0.39 is 0 Å². The fourth-order valence-electron chi connectivity index (χ4n) is 4.97. The number of benzene rings is 1. The number of pyridine rings is 1. The van der Waals surface area contributed by atoms with Crippen LogP contribution in [0, 0.1) is 32.1 Å². The molecule has 0 radical (unpaired) electrons. The third-order valence-electron chi connectivity index (χ3n) is 7.40. The first-order valence-electron chi connectivity index (χ1n) is 12.4. The standard InChI is InChI=1S/C29H34N4OS/c1-17-11-12-33-23(27(31-25(33)13-17)20-8-7-18(2)19(3)14-20)16-26(34)32-28-30-22-10-9-21(29(4,5)6)15-24(22)35-28/h7-8,11-14,21H,9-10,15-16H2,1-6H3,(H,30,32,34). The number of anilines is 1. The Morgan fingerprint density at radius 2 is 1.91 bits per heavy atom. The Morgan fingerprint density at radius 1 is 1.11 bits per heavy atom. The number of carbonyl (C=O) groups is 1. The molecule has 182 valence electrons. The molecule has 5 nitrogen and oxygen atoms in total. The molecule has 0 aliphatic heterocycles. The van der Waals surface area contributed by atoms with Crippen LogP contribution in [-0.4, -0.2) is 20.3 Å². The van der Waals surface area contributed by atoms with Crippen molar-refractivity contribution in [3.8, 4) is 11.3 Å². The van der Waals surface area contributed by atoms with Gasteiger partial charge in [0.25, 0.3) is 0 Å². The van der Waals surface area contributed by atoms with E-state index in [0.717, 1.165) is 53.1 Å². The Kier molecular flexibility index (Phi) is 6.04. The minimum atomic E-state index is -0.0593. The van der Waals surface area contributed by atoms with Crippen molar-refractivity contribution in [3.63, 3.8) is 0 Å². The highest BCUT2D eigenvalue weighted by Gasteiger charge is 2.31. The van der Waals surface area contributed by atoms with Crippen LogP contribution in [0.3, 0.4) is 0 Å². The molecule has 0 saturated heterocycles. The van der Waals surface area contributed by atoms with Gasteiger partial charge in [-0.05, 0) is 86.3 Å². The van der Waals surface area contributed by atoms with Gasteiger partial charge in [-0.15, -0.1) is 11.3 Å². The van der Waals surface area contributed by atoms with E-state index in [1.807, 2.05) is 10.6 Å². The van der Waals surface area contributed by atoms with Gasteiger partial charge >= 0.3 is 0 Å². The second-order valence-corrected chi connectivity index (χ2v) is 12.1. The molecule has 1 aliphatic carbocycles. The number of nitrogens with zero attached hydrogens (tertiary/aromatic N) is 3. The predicted molar refractivity (Wildman–Crippen MR) is 144 cm³/mol. The Balaban J connectivity index is 1.42. The van der Waals surface area contributed by atoms with Crippen molar-refractivity contribution in [2.45, 2.75) is 67.2 Å². The van der Waals surface area contributed by atoms with Gasteiger partial charge in [0.05, 0.1) is 23.5 Å². The van der Waals surface area contributed by atoms with Crippen molar-refractivity contribution in [2.24, 2.45) is 11.3 Å². The van der Waals surface area contributed by atoms with Gasteiger partial charge in [-0.2, -0.15) is 0 Å². The Bertz CT molecular complexity index is 1420. The number of nitrogens with one attached hydrogen (secondary N) is 1. The maximum absolute atomic E-state index is 13.2. The molecule has 0 saturated carbocycles. The lowest BCUT2D eigenvalue weighted by Crippen LogP contribution is -2.26. The molecule has 1 aromatic carbocycles. The molecule has 35 heavy (non-hydrogen) atoms. The van der Waals surface area contributed by atoms with Crippen LogP contribution in [0.5, 0.6) is 0 Å². The lowest BCUT2D eigenvalue weighted by Gasteiger charge is -2.33. The molecule has 6 heteroatoms. The lowest BCUT2D eigenvalue weighted by atomic mass is 9.73. The number of aryl methyl sites for hydroxylation is 4. The monoisotopic (exact) mass is 486 g/mol. The first-order valence-corrected chi connectivity index (χ1v) is 13.2. The topological polar surface area (TPSA) is 59.3 Å². The van der Waals surface area contributed by atoms with E-state index >= 15 is 0 Å². The van der Waals surface area contributed by atoms with E-state index in [1.165, 1.54) is 16.0 Å². The van der Waals surface area contributed by atoms with Crippen LogP contribution in [0.1, 0.15) is 60.1 Å². The van der Waals surface area contributed by atoms with Crippen molar-refractivity contribution in [1.29, 1.82) is 0 Å². The van der Waals surface area contributed by atoms with Crippen LogP contribution in [0.15, 0.2) is 36.5 Å². The van der Waals surface area contributed by atoms with Crippen LogP contribution in [0.2, 0.25) is 0 Å². The van der Waals surface area contributed by atoms with E-state index in [0.29, 0.717) is 11.0 Å². The third kappa shape index (κ3) is 4.76. The SMILES string of the molecule is Cc1ccn2c(CC(=O)Nc3nc4c(s3)CC(C(C)(C)C)CC4)c(-c3ccc(C)c(C)c3)nc2c1. The third-order valence-corrected chi connectivity index (χ3v) is 8.44. The minimum Gasteiger partial charge on any atom is -0.303 e. The van der Waals surface area contributed by atoms with Gasteiger partial charge in [-0.25, -0.2) is 9.97 Å². The van der Waals surface area contributed by atoms with Crippen molar-refractivity contribution >= 4 is 28.0 Å². The van der Waals surface area contributed by atoms with E-state index in [2.05, 4.69) is 77.2 Å². The first kappa shape index (κ1) is 23.7. The maximum atomic E-state index is 13.2. The van der Waals surface area contributed by atoms with Crippen molar-refractivity contribution in [2.75, 3.05) is 5.32 Å². The average Bonchev–Trinajstić information content (AvgIpc) is 3.34. The summed E-state index contributed by atoms with van der Waals surface area (Å²) in [5.41, 5.74) is 8.71. The van der Waals surface area contributed by atoms with Crippen LogP contribution >= 0.6 is 11.3 Å². The molecular weight excluding hydrogens is 452 g/mol. The molecule has 4 aromatic rings. The Hall–Kier alpha value is -2.99. The molecule has 1 atom stereocenters. The molecular formula is C29H34N4OS. The first-order chi connectivity index (χ1) is 16.6. The van der Waals surface area contributed by atoms with Gasteiger partial charge in [-0.3, -0.25) is 4.79 Å². The van der Waals surface area contributed by atoms with Gasteiger partial charge in [0.1, 0.15) is 5.65 Å². The number of carbonyl (C=O) groups excluding carboxylic acids is 1. The van der Waals surface area contributed by atoms with Gasteiger partial charge in [0.2, 0.25) is 5.91 Å². The van der Waals surface area contributed by atoms with E-state index in [1.54, 1.807) is 11.3 Å². The summed E-state index contributed by atoms with van der Waals surface area (Å²) in [6, 6.07) is 10.5. The molecule has 1 amide bonds. The zero-order valence-electron chi connectivity index (χ0n) is 21.5. The largest absolute Gasteiger partial charge is 0.303 e. The number of amides is 1. The van der Waals surface area contributed by atoms with Crippen molar-refractivity contribution in [3.05, 3.63) is 69.5 Å². The minimum absolute atomic E-state index is 0.0593. The number of aromatic nitrogens is 3. The lowest BCUT2D eigenvalue weighted by molar-refractivity contribution is -0.115. The number of thiazole rings is 1. The smallest absolute Gasteiger partial charge is 0.232 e. The average molecular weight is 487 g/mol. The van der Waals surface area contributed by atoms with E-state index in [4.69, 9.17) is 9.97 Å². The number of hydrogen-bond donors (Lipinski definition) is 1. The summed E-state index contributed by atoms with van der Waals surface area (Å²) in [5, 5.41) is 3.81. The van der Waals surface area contributed by atoms with E-state index in [9.17, 15) is 4.79 Å². The zero-order chi connectivity index (χ0) is 24.9. The molecule has 1 unspecified atom stereocenters. The molecule has 1 aliphatic rings. The second kappa shape index (κ2) is 8.90.